The van der Waals surface area contributed by atoms with Crippen LogP contribution in [-0.2, 0) is 0 Å². The summed E-state index contributed by atoms with van der Waals surface area (Å²) >= 11 is 0. The van der Waals surface area contributed by atoms with Crippen LogP contribution >= 0.6 is 0 Å². The van der Waals surface area contributed by atoms with Gasteiger partial charge in [0, 0.05) is 17.3 Å². The number of carbonyl (C=O) groups is 2. The quantitative estimate of drug-likeness (QED) is 0.799. The summed E-state index contributed by atoms with van der Waals surface area (Å²) in [6.07, 6.45) is 4.57. The highest BCUT2D eigenvalue weighted by molar-refractivity contribution is 5.97. The van der Waals surface area contributed by atoms with E-state index in [0.29, 0.717) is 17.2 Å². The fraction of sp³-hybridized carbons (Fsp3) is 0.500. The van der Waals surface area contributed by atoms with Crippen molar-refractivity contribution in [2.45, 2.75) is 45.6 Å². The summed E-state index contributed by atoms with van der Waals surface area (Å²) in [4.78, 5) is 23.4. The molecular formula is C16H23N3O2. The molecule has 21 heavy (non-hydrogen) atoms. The molecule has 1 aliphatic rings. The lowest BCUT2D eigenvalue weighted by Gasteiger charge is -2.29. The number of benzene rings is 1. The molecule has 0 spiro atoms. The second-order valence-electron chi connectivity index (χ2n) is 5.86. The molecule has 0 radical (unpaired) electrons. The van der Waals surface area contributed by atoms with Crippen LogP contribution in [0.2, 0.25) is 0 Å². The zero-order valence-electron chi connectivity index (χ0n) is 12.6. The lowest BCUT2D eigenvalue weighted by molar-refractivity contribution is 0.0999. The molecule has 1 aliphatic carbocycles. The summed E-state index contributed by atoms with van der Waals surface area (Å²) in [6, 6.07) is 5.15. The van der Waals surface area contributed by atoms with Crippen molar-refractivity contribution in [3.63, 3.8) is 0 Å². The van der Waals surface area contributed by atoms with E-state index in [1.54, 1.807) is 18.2 Å². The summed E-state index contributed by atoms with van der Waals surface area (Å²) in [5.41, 5.74) is 7.12. The van der Waals surface area contributed by atoms with Crippen molar-refractivity contribution in [3.8, 4) is 0 Å². The van der Waals surface area contributed by atoms with E-state index >= 15 is 0 Å². The van der Waals surface area contributed by atoms with Crippen molar-refractivity contribution in [1.82, 2.24) is 5.32 Å². The largest absolute Gasteiger partial charge is 0.366 e. The number of aryl methyl sites for hydroxylation is 1. The Morgan fingerprint density at radius 2 is 1.95 bits per heavy atom. The van der Waals surface area contributed by atoms with Crippen molar-refractivity contribution in [2.24, 2.45) is 11.7 Å². The summed E-state index contributed by atoms with van der Waals surface area (Å²) in [6.45, 7) is 3.98. The van der Waals surface area contributed by atoms with Crippen LogP contribution in [-0.4, -0.2) is 18.0 Å². The van der Waals surface area contributed by atoms with Gasteiger partial charge in [-0.15, -0.1) is 0 Å². The molecule has 0 bridgehead atoms. The van der Waals surface area contributed by atoms with Crippen LogP contribution in [0.25, 0.3) is 0 Å². The first-order valence-electron chi connectivity index (χ1n) is 7.45. The molecule has 1 aromatic carbocycles. The summed E-state index contributed by atoms with van der Waals surface area (Å²) in [5, 5.41) is 5.79. The number of amides is 3. The molecule has 1 fully saturated rings. The number of hydrogen-bond acceptors (Lipinski definition) is 2. The van der Waals surface area contributed by atoms with Gasteiger partial charge < -0.3 is 16.4 Å². The smallest absolute Gasteiger partial charge is 0.319 e. The molecule has 5 nitrogen and oxygen atoms in total. The van der Waals surface area contributed by atoms with Crippen LogP contribution in [0.4, 0.5) is 10.5 Å². The number of nitrogens with two attached hydrogens (primary N) is 1. The molecule has 3 amide bonds. The molecule has 2 rings (SSSR count). The fourth-order valence-electron chi connectivity index (χ4n) is 2.83. The van der Waals surface area contributed by atoms with E-state index in [1.807, 2.05) is 6.92 Å². The Balaban J connectivity index is 1.99. The minimum absolute atomic E-state index is 0.222. The van der Waals surface area contributed by atoms with Gasteiger partial charge in [-0.1, -0.05) is 25.8 Å². The van der Waals surface area contributed by atoms with Crippen molar-refractivity contribution < 1.29 is 9.59 Å². The minimum Gasteiger partial charge on any atom is -0.366 e. The number of anilines is 1. The van der Waals surface area contributed by atoms with Crippen LogP contribution in [0.15, 0.2) is 18.2 Å². The molecule has 5 heteroatoms. The van der Waals surface area contributed by atoms with Crippen LogP contribution in [0.5, 0.6) is 0 Å². The van der Waals surface area contributed by atoms with Gasteiger partial charge in [-0.25, -0.2) is 4.79 Å². The molecule has 0 saturated heterocycles. The fourth-order valence-corrected chi connectivity index (χ4v) is 2.83. The third-order valence-electron chi connectivity index (χ3n) is 4.19. The zero-order chi connectivity index (χ0) is 15.4. The Hall–Kier alpha value is -2.04. The zero-order valence-corrected chi connectivity index (χ0v) is 12.6. The maximum atomic E-state index is 12.1. The molecule has 0 heterocycles. The molecule has 2 atom stereocenters. The maximum Gasteiger partial charge on any atom is 0.319 e. The van der Waals surface area contributed by atoms with Crippen molar-refractivity contribution in [3.05, 3.63) is 29.3 Å². The van der Waals surface area contributed by atoms with Gasteiger partial charge in [0.1, 0.15) is 0 Å². The predicted molar refractivity (Wildman–Crippen MR) is 83.3 cm³/mol. The Kier molecular flexibility index (Phi) is 4.83. The van der Waals surface area contributed by atoms with Crippen molar-refractivity contribution >= 4 is 17.6 Å². The third-order valence-corrected chi connectivity index (χ3v) is 4.19. The van der Waals surface area contributed by atoms with Crippen LogP contribution in [0, 0.1) is 12.8 Å². The first-order valence-corrected chi connectivity index (χ1v) is 7.45. The van der Waals surface area contributed by atoms with Crippen LogP contribution in [0.1, 0.15) is 48.5 Å². The third kappa shape index (κ3) is 3.97. The number of urea groups is 1. The second kappa shape index (κ2) is 6.61. The molecule has 1 saturated carbocycles. The summed E-state index contributed by atoms with van der Waals surface area (Å²) < 4.78 is 0. The molecular weight excluding hydrogens is 266 g/mol. The number of nitrogens with one attached hydrogen (secondary N) is 2. The monoisotopic (exact) mass is 289 g/mol. The van der Waals surface area contributed by atoms with Gasteiger partial charge in [0.15, 0.2) is 0 Å². The number of primary amides is 1. The number of hydrogen-bond donors (Lipinski definition) is 3. The number of rotatable bonds is 3. The molecule has 1 aromatic rings. The predicted octanol–water partition coefficient (Wildman–Crippen LogP) is 2.79. The average Bonchev–Trinajstić information content (AvgIpc) is 2.43. The molecule has 0 aliphatic heterocycles. The van der Waals surface area contributed by atoms with E-state index < -0.39 is 5.91 Å². The van der Waals surface area contributed by atoms with Gasteiger partial charge in [0.2, 0.25) is 5.91 Å². The Morgan fingerprint density at radius 3 is 2.62 bits per heavy atom. The highest BCUT2D eigenvalue weighted by Gasteiger charge is 2.22. The minimum atomic E-state index is -0.488. The van der Waals surface area contributed by atoms with E-state index in [2.05, 4.69) is 17.6 Å². The van der Waals surface area contributed by atoms with E-state index in [-0.39, 0.29) is 12.1 Å². The summed E-state index contributed by atoms with van der Waals surface area (Å²) in [5.74, 6) is 0.0150. The molecule has 0 aromatic heterocycles. The van der Waals surface area contributed by atoms with Gasteiger partial charge in [-0.3, -0.25) is 4.79 Å². The topological polar surface area (TPSA) is 84.2 Å². The van der Waals surface area contributed by atoms with Gasteiger partial charge in [-0.05, 0) is 43.4 Å². The van der Waals surface area contributed by atoms with Crippen LogP contribution < -0.4 is 16.4 Å². The van der Waals surface area contributed by atoms with E-state index in [1.165, 1.54) is 6.42 Å². The Bertz CT molecular complexity index is 542. The standard InChI is InChI=1S/C16H23N3O2/c1-10-7-8-12(9-13(10)15(17)20)18-16(21)19-14-6-4-3-5-11(14)2/h7-9,11,14H,3-6H2,1-2H3,(H2,17,20)(H2,18,19,21). The molecule has 2 unspecified atom stereocenters. The Morgan fingerprint density at radius 1 is 1.24 bits per heavy atom. The molecule has 114 valence electrons. The van der Waals surface area contributed by atoms with E-state index in [4.69, 9.17) is 5.73 Å². The SMILES string of the molecule is Cc1ccc(NC(=O)NC2CCCCC2C)cc1C(N)=O. The first-order chi connectivity index (χ1) is 9.97. The second-order valence-corrected chi connectivity index (χ2v) is 5.86. The normalized spacial score (nSPS) is 21.6. The van der Waals surface area contributed by atoms with Gasteiger partial charge in [-0.2, -0.15) is 0 Å². The average molecular weight is 289 g/mol. The first kappa shape index (κ1) is 15.4. The number of carbonyl (C=O) groups excluding carboxylic acids is 2. The van der Waals surface area contributed by atoms with Crippen molar-refractivity contribution in [1.29, 1.82) is 0 Å². The maximum absolute atomic E-state index is 12.1. The summed E-state index contributed by atoms with van der Waals surface area (Å²) in [7, 11) is 0. The van der Waals surface area contributed by atoms with Gasteiger partial charge in [0.25, 0.3) is 0 Å². The molecule has 4 N–H and O–H groups in total. The lowest BCUT2D eigenvalue weighted by atomic mass is 9.86. The van der Waals surface area contributed by atoms with Gasteiger partial charge >= 0.3 is 6.03 Å². The van der Waals surface area contributed by atoms with E-state index in [0.717, 1.165) is 24.8 Å². The van der Waals surface area contributed by atoms with Gasteiger partial charge in [0.05, 0.1) is 0 Å². The van der Waals surface area contributed by atoms with Crippen molar-refractivity contribution in [2.75, 3.05) is 5.32 Å². The van der Waals surface area contributed by atoms with E-state index in [9.17, 15) is 9.59 Å². The van der Waals surface area contributed by atoms with Crippen LogP contribution in [0.3, 0.4) is 0 Å². The lowest BCUT2D eigenvalue weighted by Crippen LogP contribution is -2.43. The Labute approximate surface area is 125 Å². The highest BCUT2D eigenvalue weighted by atomic mass is 16.2. The highest BCUT2D eigenvalue weighted by Crippen LogP contribution is 2.23.